The quantitative estimate of drug-likeness (QED) is 0.667. The molecule has 0 spiro atoms. The van der Waals surface area contributed by atoms with Crippen LogP contribution in [0.2, 0.25) is 5.15 Å². The van der Waals surface area contributed by atoms with Crippen LogP contribution in [0.5, 0.6) is 0 Å². The number of hydrogen-bond donors (Lipinski definition) is 0. The highest BCUT2D eigenvalue weighted by atomic mass is 35.5. The molecule has 21 heavy (non-hydrogen) atoms. The molecule has 0 unspecified atom stereocenters. The summed E-state index contributed by atoms with van der Waals surface area (Å²) in [5.41, 5.74) is 1.33. The molecule has 3 aromatic rings. The fraction of sp³-hybridized carbons (Fsp3) is 0.235. The first-order chi connectivity index (χ1) is 9.78. The fourth-order valence-electron chi connectivity index (χ4n) is 2.54. The zero-order valence-corrected chi connectivity index (χ0v) is 13.5. The van der Waals surface area contributed by atoms with Crippen LogP contribution in [-0.4, -0.2) is 9.55 Å². The van der Waals surface area contributed by atoms with Crippen molar-refractivity contribution in [3.8, 4) is 0 Å². The SMILES string of the molecule is CCc1ncc(Cl)n1CCc1ccc2ccccc2c1.Cl. The Morgan fingerprint density at radius 1 is 1.10 bits per heavy atom. The van der Waals surface area contributed by atoms with Gasteiger partial charge in [-0.05, 0) is 22.8 Å². The molecule has 2 nitrogen and oxygen atoms in total. The van der Waals surface area contributed by atoms with Gasteiger partial charge in [0.25, 0.3) is 0 Å². The highest BCUT2D eigenvalue weighted by Gasteiger charge is 2.06. The van der Waals surface area contributed by atoms with Crippen molar-refractivity contribution in [2.45, 2.75) is 26.3 Å². The molecule has 0 amide bonds. The smallest absolute Gasteiger partial charge is 0.128 e. The largest absolute Gasteiger partial charge is 0.319 e. The molecule has 0 fully saturated rings. The Morgan fingerprint density at radius 2 is 1.86 bits per heavy atom. The molecule has 1 heterocycles. The number of hydrogen-bond acceptors (Lipinski definition) is 1. The molecule has 1 aromatic heterocycles. The van der Waals surface area contributed by atoms with E-state index >= 15 is 0 Å². The molecule has 0 N–H and O–H groups in total. The molecule has 0 bridgehead atoms. The summed E-state index contributed by atoms with van der Waals surface area (Å²) < 4.78 is 2.09. The van der Waals surface area contributed by atoms with E-state index in [0.29, 0.717) is 0 Å². The van der Waals surface area contributed by atoms with Gasteiger partial charge in [-0.3, -0.25) is 0 Å². The van der Waals surface area contributed by atoms with E-state index in [-0.39, 0.29) is 12.4 Å². The van der Waals surface area contributed by atoms with E-state index in [1.165, 1.54) is 16.3 Å². The summed E-state index contributed by atoms with van der Waals surface area (Å²) in [7, 11) is 0. The first-order valence-electron chi connectivity index (χ1n) is 6.95. The maximum absolute atomic E-state index is 6.19. The van der Waals surface area contributed by atoms with Crippen LogP contribution < -0.4 is 0 Å². The molecule has 0 aliphatic heterocycles. The summed E-state index contributed by atoms with van der Waals surface area (Å²) >= 11 is 6.19. The predicted octanol–water partition coefficient (Wildman–Crippen LogP) is 4.92. The molecule has 0 aliphatic rings. The minimum absolute atomic E-state index is 0. The van der Waals surface area contributed by atoms with Crippen LogP contribution in [0.4, 0.5) is 0 Å². The zero-order valence-electron chi connectivity index (χ0n) is 11.9. The maximum Gasteiger partial charge on any atom is 0.128 e. The predicted molar refractivity (Wildman–Crippen MR) is 91.5 cm³/mol. The van der Waals surface area contributed by atoms with E-state index in [9.17, 15) is 0 Å². The van der Waals surface area contributed by atoms with E-state index in [1.54, 1.807) is 6.20 Å². The van der Waals surface area contributed by atoms with Gasteiger partial charge in [0.2, 0.25) is 0 Å². The lowest BCUT2D eigenvalue weighted by atomic mass is 10.1. The standard InChI is InChI=1S/C17H17ClN2.ClH/c1-2-17-19-12-16(18)20(17)10-9-13-7-8-14-5-3-4-6-15(14)11-13;/h3-8,11-12H,2,9-10H2,1H3;1H. The Balaban J connectivity index is 0.00000161. The van der Waals surface area contributed by atoms with Crippen LogP contribution >= 0.6 is 24.0 Å². The molecule has 3 rings (SSSR count). The van der Waals surface area contributed by atoms with Crippen molar-refractivity contribution < 1.29 is 0 Å². The lowest BCUT2D eigenvalue weighted by molar-refractivity contribution is 0.657. The van der Waals surface area contributed by atoms with E-state index in [1.807, 2.05) is 0 Å². The first-order valence-corrected chi connectivity index (χ1v) is 7.33. The minimum atomic E-state index is 0. The zero-order chi connectivity index (χ0) is 13.9. The van der Waals surface area contributed by atoms with Crippen LogP contribution in [0.1, 0.15) is 18.3 Å². The van der Waals surface area contributed by atoms with Crippen LogP contribution in [0, 0.1) is 0 Å². The molecule has 2 aromatic carbocycles. The maximum atomic E-state index is 6.19. The number of benzene rings is 2. The second-order valence-corrected chi connectivity index (χ2v) is 5.32. The van der Waals surface area contributed by atoms with Gasteiger partial charge >= 0.3 is 0 Å². The van der Waals surface area contributed by atoms with Crippen LogP contribution in [0.15, 0.2) is 48.7 Å². The van der Waals surface area contributed by atoms with Crippen molar-refractivity contribution >= 4 is 34.8 Å². The lowest BCUT2D eigenvalue weighted by Crippen LogP contribution is -2.05. The Labute approximate surface area is 136 Å². The molecular weight excluding hydrogens is 303 g/mol. The molecule has 110 valence electrons. The van der Waals surface area contributed by atoms with Crippen LogP contribution in [0.3, 0.4) is 0 Å². The van der Waals surface area contributed by atoms with Gasteiger partial charge in [-0.2, -0.15) is 0 Å². The highest BCUT2D eigenvalue weighted by molar-refractivity contribution is 6.29. The van der Waals surface area contributed by atoms with Gasteiger partial charge in [0.05, 0.1) is 6.20 Å². The summed E-state index contributed by atoms with van der Waals surface area (Å²) in [4.78, 5) is 4.33. The van der Waals surface area contributed by atoms with Gasteiger partial charge in [0, 0.05) is 13.0 Å². The van der Waals surface area contributed by atoms with Gasteiger partial charge in [-0.25, -0.2) is 4.98 Å². The number of aromatic nitrogens is 2. The average Bonchev–Trinajstić information content (AvgIpc) is 2.85. The second kappa shape index (κ2) is 6.97. The Bertz CT molecular complexity index is 734. The molecule has 0 saturated carbocycles. The van der Waals surface area contributed by atoms with Gasteiger partial charge < -0.3 is 4.57 Å². The number of imidazole rings is 1. The van der Waals surface area contributed by atoms with Gasteiger partial charge in [0.15, 0.2) is 0 Å². The number of fused-ring (bicyclic) bond motifs is 1. The topological polar surface area (TPSA) is 17.8 Å². The summed E-state index contributed by atoms with van der Waals surface area (Å²) in [5.74, 6) is 1.05. The lowest BCUT2D eigenvalue weighted by Gasteiger charge is -2.09. The highest BCUT2D eigenvalue weighted by Crippen LogP contribution is 2.18. The van der Waals surface area contributed by atoms with Crippen molar-refractivity contribution in [3.63, 3.8) is 0 Å². The monoisotopic (exact) mass is 320 g/mol. The van der Waals surface area contributed by atoms with Crippen molar-refractivity contribution in [2.24, 2.45) is 0 Å². The number of halogens is 2. The first kappa shape index (κ1) is 15.9. The number of aryl methyl sites for hydroxylation is 2. The summed E-state index contributed by atoms with van der Waals surface area (Å²) in [6.07, 6.45) is 3.61. The number of rotatable bonds is 4. The van der Waals surface area contributed by atoms with E-state index in [4.69, 9.17) is 11.6 Å². The summed E-state index contributed by atoms with van der Waals surface area (Å²) in [6.45, 7) is 2.98. The van der Waals surface area contributed by atoms with E-state index in [0.717, 1.165) is 30.4 Å². The fourth-order valence-corrected chi connectivity index (χ4v) is 2.77. The Morgan fingerprint density at radius 3 is 2.62 bits per heavy atom. The van der Waals surface area contributed by atoms with Gasteiger partial charge in [-0.1, -0.05) is 61.0 Å². The third-order valence-corrected chi connectivity index (χ3v) is 3.95. The average molecular weight is 321 g/mol. The van der Waals surface area contributed by atoms with E-state index in [2.05, 4.69) is 58.9 Å². The molecule has 0 radical (unpaired) electrons. The van der Waals surface area contributed by atoms with Crippen molar-refractivity contribution in [1.29, 1.82) is 0 Å². The molecule has 0 aliphatic carbocycles. The summed E-state index contributed by atoms with van der Waals surface area (Å²) in [5, 5.41) is 3.30. The molecular formula is C17H18Cl2N2. The Kier molecular flexibility index (Phi) is 5.27. The third-order valence-electron chi connectivity index (χ3n) is 3.64. The van der Waals surface area contributed by atoms with Crippen LogP contribution in [0.25, 0.3) is 10.8 Å². The molecule has 0 atom stereocenters. The van der Waals surface area contributed by atoms with Crippen molar-refractivity contribution in [3.05, 3.63) is 65.2 Å². The van der Waals surface area contributed by atoms with Crippen LogP contribution in [-0.2, 0) is 19.4 Å². The normalized spacial score (nSPS) is 10.6. The van der Waals surface area contributed by atoms with Crippen molar-refractivity contribution in [1.82, 2.24) is 9.55 Å². The third kappa shape index (κ3) is 3.39. The van der Waals surface area contributed by atoms with Gasteiger partial charge in [0.1, 0.15) is 11.0 Å². The Hall–Kier alpha value is -1.51. The minimum Gasteiger partial charge on any atom is -0.319 e. The molecule has 0 saturated heterocycles. The second-order valence-electron chi connectivity index (χ2n) is 4.93. The summed E-state index contributed by atoms with van der Waals surface area (Å²) in [6, 6.07) is 15.1. The van der Waals surface area contributed by atoms with E-state index < -0.39 is 0 Å². The molecule has 4 heteroatoms. The van der Waals surface area contributed by atoms with Crippen molar-refractivity contribution in [2.75, 3.05) is 0 Å². The van der Waals surface area contributed by atoms with Gasteiger partial charge in [-0.15, -0.1) is 12.4 Å². The number of nitrogens with zero attached hydrogens (tertiary/aromatic N) is 2.